The number of fused-ring (bicyclic) bond motifs is 5. The second kappa shape index (κ2) is 3.09. The molecule has 3 aliphatic rings. The highest BCUT2D eigenvalue weighted by Gasteiger charge is 2.59. The van der Waals surface area contributed by atoms with Crippen LogP contribution < -0.4 is 5.73 Å². The second-order valence-corrected chi connectivity index (χ2v) is 5.48. The molecule has 0 aromatic rings. The molecule has 4 atom stereocenters. The van der Waals surface area contributed by atoms with Crippen LogP contribution in [0.15, 0.2) is 12.2 Å². The van der Waals surface area contributed by atoms with Crippen molar-refractivity contribution in [1.29, 1.82) is 0 Å². The van der Waals surface area contributed by atoms with Gasteiger partial charge < -0.3 is 5.73 Å². The summed E-state index contributed by atoms with van der Waals surface area (Å²) in [5.74, 6) is -0.243. The Morgan fingerprint density at radius 1 is 1.20 bits per heavy atom. The lowest BCUT2D eigenvalue weighted by Gasteiger charge is -2.15. The summed E-state index contributed by atoms with van der Waals surface area (Å²) in [5, 5.41) is 0.443. The standard InChI is InChI=1S/C10H12N2O2S/c11-3-4-12-9(13)7-5-1-2-6(15-5)8(7)10(12)14/h1-2,5-8H,3-4,11H2. The largest absolute Gasteiger partial charge is 0.329 e. The Kier molecular flexibility index (Phi) is 1.94. The minimum Gasteiger partial charge on any atom is -0.329 e. The molecule has 0 aromatic heterocycles. The van der Waals surface area contributed by atoms with Gasteiger partial charge in [0.2, 0.25) is 11.8 Å². The molecular formula is C10H12N2O2S. The third kappa shape index (κ3) is 1.08. The minimum atomic E-state index is -0.107. The average Bonchev–Trinajstić information content (AvgIpc) is 2.87. The van der Waals surface area contributed by atoms with Crippen LogP contribution in [-0.2, 0) is 9.59 Å². The topological polar surface area (TPSA) is 63.4 Å². The van der Waals surface area contributed by atoms with Crippen molar-refractivity contribution in [2.24, 2.45) is 17.6 Å². The lowest BCUT2D eigenvalue weighted by atomic mass is 9.85. The summed E-state index contributed by atoms with van der Waals surface area (Å²) >= 11 is 1.74. The van der Waals surface area contributed by atoms with Crippen LogP contribution >= 0.6 is 11.8 Å². The van der Waals surface area contributed by atoms with Gasteiger partial charge in [-0.1, -0.05) is 12.2 Å². The first kappa shape index (κ1) is 9.42. The van der Waals surface area contributed by atoms with Crippen LogP contribution in [0.5, 0.6) is 0 Å². The highest BCUT2D eigenvalue weighted by Crippen LogP contribution is 2.52. The predicted molar refractivity (Wildman–Crippen MR) is 57.1 cm³/mol. The Bertz CT molecular complexity index is 338. The first-order valence-corrected chi connectivity index (χ1v) is 6.07. The molecule has 4 unspecified atom stereocenters. The molecule has 2 N–H and O–H groups in total. The molecule has 0 aromatic carbocycles. The van der Waals surface area contributed by atoms with E-state index in [1.807, 2.05) is 0 Å². The van der Waals surface area contributed by atoms with E-state index in [1.54, 1.807) is 11.8 Å². The van der Waals surface area contributed by atoms with E-state index >= 15 is 0 Å². The van der Waals surface area contributed by atoms with E-state index in [4.69, 9.17) is 5.73 Å². The van der Waals surface area contributed by atoms with Crippen LogP contribution in [0.4, 0.5) is 0 Å². The van der Waals surface area contributed by atoms with Crippen LogP contribution in [0.3, 0.4) is 0 Å². The molecule has 2 amide bonds. The number of rotatable bonds is 2. The number of nitrogens with two attached hydrogens (primary N) is 1. The highest BCUT2D eigenvalue weighted by molar-refractivity contribution is 8.01. The van der Waals surface area contributed by atoms with E-state index in [0.29, 0.717) is 13.1 Å². The molecule has 2 saturated heterocycles. The van der Waals surface area contributed by atoms with E-state index in [1.165, 1.54) is 4.90 Å². The highest BCUT2D eigenvalue weighted by atomic mass is 32.2. The van der Waals surface area contributed by atoms with E-state index in [2.05, 4.69) is 12.2 Å². The molecule has 4 nitrogen and oxygen atoms in total. The summed E-state index contributed by atoms with van der Waals surface area (Å²) in [6.45, 7) is 0.724. The summed E-state index contributed by atoms with van der Waals surface area (Å²) < 4.78 is 0. The Morgan fingerprint density at radius 3 is 2.20 bits per heavy atom. The fraction of sp³-hybridized carbons (Fsp3) is 0.600. The molecule has 3 rings (SSSR count). The van der Waals surface area contributed by atoms with Gasteiger partial charge in [0.15, 0.2) is 0 Å². The monoisotopic (exact) mass is 224 g/mol. The quantitative estimate of drug-likeness (QED) is 0.512. The molecule has 3 heterocycles. The van der Waals surface area contributed by atoms with Crippen molar-refractivity contribution in [3.05, 3.63) is 12.2 Å². The van der Waals surface area contributed by atoms with Gasteiger partial charge in [-0.15, -0.1) is 11.8 Å². The zero-order valence-corrected chi connectivity index (χ0v) is 8.94. The van der Waals surface area contributed by atoms with Gasteiger partial charge in [-0.05, 0) is 0 Å². The van der Waals surface area contributed by atoms with Crippen LogP contribution in [0.2, 0.25) is 0 Å². The lowest BCUT2D eigenvalue weighted by Crippen LogP contribution is -2.37. The molecule has 5 heteroatoms. The first-order chi connectivity index (χ1) is 7.24. The number of nitrogens with zero attached hydrogens (tertiary/aromatic N) is 1. The van der Waals surface area contributed by atoms with Gasteiger partial charge in [0.05, 0.1) is 11.8 Å². The van der Waals surface area contributed by atoms with Gasteiger partial charge in [-0.3, -0.25) is 14.5 Å². The number of imide groups is 1. The van der Waals surface area contributed by atoms with E-state index in [0.717, 1.165) is 0 Å². The number of carbonyl (C=O) groups excluding carboxylic acids is 2. The third-order valence-electron chi connectivity index (χ3n) is 3.35. The van der Waals surface area contributed by atoms with Crippen molar-refractivity contribution in [2.75, 3.05) is 13.1 Å². The normalized spacial score (nSPS) is 41.8. The van der Waals surface area contributed by atoms with Gasteiger partial charge in [-0.2, -0.15) is 0 Å². The Labute approximate surface area is 91.9 Å². The zero-order chi connectivity index (χ0) is 10.6. The fourth-order valence-corrected chi connectivity index (χ4v) is 4.35. The molecule has 0 radical (unpaired) electrons. The van der Waals surface area contributed by atoms with Crippen LogP contribution in [0.1, 0.15) is 0 Å². The zero-order valence-electron chi connectivity index (χ0n) is 8.13. The van der Waals surface area contributed by atoms with E-state index in [9.17, 15) is 9.59 Å². The van der Waals surface area contributed by atoms with Crippen LogP contribution in [-0.4, -0.2) is 40.3 Å². The van der Waals surface area contributed by atoms with Crippen LogP contribution in [0.25, 0.3) is 0 Å². The van der Waals surface area contributed by atoms with Crippen molar-refractivity contribution in [3.63, 3.8) is 0 Å². The maximum Gasteiger partial charge on any atom is 0.234 e. The molecular weight excluding hydrogens is 212 g/mol. The maximum absolute atomic E-state index is 12.0. The SMILES string of the molecule is NCCN1C(=O)C2C3C=CC(S3)C2C1=O. The summed E-state index contributed by atoms with van der Waals surface area (Å²) in [6, 6.07) is 0. The number of hydrogen-bond donors (Lipinski definition) is 1. The van der Waals surface area contributed by atoms with Gasteiger partial charge in [0.1, 0.15) is 0 Å². The minimum absolute atomic E-state index is 0.0141. The molecule has 80 valence electrons. The summed E-state index contributed by atoms with van der Waals surface area (Å²) in [4.78, 5) is 25.3. The molecule has 0 spiro atoms. The van der Waals surface area contributed by atoms with Gasteiger partial charge in [-0.25, -0.2) is 0 Å². The Hall–Kier alpha value is -0.810. The van der Waals surface area contributed by atoms with Crippen LogP contribution in [0, 0.1) is 11.8 Å². The lowest BCUT2D eigenvalue weighted by molar-refractivity contribution is -0.139. The molecule has 0 saturated carbocycles. The Balaban J connectivity index is 1.93. The van der Waals surface area contributed by atoms with Crippen molar-refractivity contribution in [2.45, 2.75) is 10.5 Å². The molecule has 0 aliphatic carbocycles. The molecule has 2 fully saturated rings. The van der Waals surface area contributed by atoms with Gasteiger partial charge >= 0.3 is 0 Å². The smallest absolute Gasteiger partial charge is 0.234 e. The third-order valence-corrected chi connectivity index (χ3v) is 4.88. The molecule has 3 aliphatic heterocycles. The van der Waals surface area contributed by atoms with Gasteiger partial charge in [0.25, 0.3) is 0 Å². The number of hydrogen-bond acceptors (Lipinski definition) is 4. The predicted octanol–water partition coefficient (Wildman–Crippen LogP) is -0.400. The number of likely N-dealkylation sites (tertiary alicyclic amines) is 1. The second-order valence-electron chi connectivity index (χ2n) is 4.12. The average molecular weight is 224 g/mol. The van der Waals surface area contributed by atoms with Gasteiger partial charge in [0, 0.05) is 23.6 Å². The van der Waals surface area contributed by atoms with Crippen molar-refractivity contribution in [3.8, 4) is 0 Å². The molecule has 15 heavy (non-hydrogen) atoms. The van der Waals surface area contributed by atoms with Crippen molar-refractivity contribution >= 4 is 23.6 Å². The summed E-state index contributed by atoms with van der Waals surface area (Å²) in [7, 11) is 0. The first-order valence-electron chi connectivity index (χ1n) is 5.13. The molecule has 2 bridgehead atoms. The van der Waals surface area contributed by atoms with E-state index in [-0.39, 0.29) is 34.2 Å². The summed E-state index contributed by atoms with van der Waals surface area (Å²) in [5.41, 5.74) is 5.40. The number of carbonyl (C=O) groups is 2. The van der Waals surface area contributed by atoms with Crippen molar-refractivity contribution in [1.82, 2.24) is 4.90 Å². The maximum atomic E-state index is 12.0. The number of thioether (sulfide) groups is 1. The van der Waals surface area contributed by atoms with E-state index < -0.39 is 0 Å². The number of amides is 2. The Morgan fingerprint density at radius 2 is 1.73 bits per heavy atom. The fourth-order valence-electron chi connectivity index (χ4n) is 2.71. The van der Waals surface area contributed by atoms with Crippen molar-refractivity contribution < 1.29 is 9.59 Å². The summed E-state index contributed by atoms with van der Waals surface area (Å²) in [6.07, 6.45) is 4.13.